The number of rotatable bonds is 4. The predicted octanol–water partition coefficient (Wildman–Crippen LogP) is 3.84. The Kier molecular flexibility index (Phi) is 4.62. The van der Waals surface area contributed by atoms with E-state index >= 15 is 0 Å². The molecule has 0 radical (unpaired) electrons. The van der Waals surface area contributed by atoms with E-state index in [1.807, 2.05) is 13.8 Å². The van der Waals surface area contributed by atoms with Crippen molar-refractivity contribution in [2.45, 2.75) is 32.0 Å². The molecule has 0 bridgehead atoms. The first-order valence-corrected chi connectivity index (χ1v) is 5.80. The molecule has 0 amide bonds. The second-order valence-electron chi connectivity index (χ2n) is 4.33. The molecule has 0 spiro atoms. The van der Waals surface area contributed by atoms with Crippen LogP contribution in [0.2, 0.25) is 10.0 Å². The molecule has 1 N–H and O–H groups in total. The highest BCUT2D eigenvalue weighted by molar-refractivity contribution is 6.42. The smallest absolute Gasteiger partial charge is 0.0832 e. The summed E-state index contributed by atoms with van der Waals surface area (Å²) in [5.74, 6) is 0. The summed E-state index contributed by atoms with van der Waals surface area (Å²) >= 11 is 11.9. The lowest BCUT2D eigenvalue weighted by Gasteiger charge is -2.26. The summed E-state index contributed by atoms with van der Waals surface area (Å²) in [6, 6.07) is 5.23. The zero-order valence-corrected chi connectivity index (χ0v) is 11.1. The van der Waals surface area contributed by atoms with Crippen LogP contribution in [0.15, 0.2) is 18.2 Å². The molecule has 2 nitrogen and oxygen atoms in total. The number of methoxy groups -OCH3 is 1. The van der Waals surface area contributed by atoms with Crippen molar-refractivity contribution in [2.24, 2.45) is 0 Å². The Bertz CT molecular complexity index is 364. The van der Waals surface area contributed by atoms with Gasteiger partial charge in [-0.25, -0.2) is 0 Å². The monoisotopic (exact) mass is 262 g/mol. The highest BCUT2D eigenvalue weighted by Gasteiger charge is 2.24. The second kappa shape index (κ2) is 5.37. The summed E-state index contributed by atoms with van der Waals surface area (Å²) in [4.78, 5) is 0. The summed E-state index contributed by atoms with van der Waals surface area (Å²) in [6.45, 7) is 3.82. The first-order valence-electron chi connectivity index (χ1n) is 5.04. The number of halogens is 2. The van der Waals surface area contributed by atoms with E-state index in [0.717, 1.165) is 0 Å². The predicted molar refractivity (Wildman–Crippen MR) is 67.1 cm³/mol. The molecule has 90 valence electrons. The lowest BCUT2D eigenvalue weighted by molar-refractivity contribution is -0.0200. The highest BCUT2D eigenvalue weighted by atomic mass is 35.5. The molecule has 1 atom stereocenters. The van der Waals surface area contributed by atoms with Crippen LogP contribution in [-0.2, 0) is 4.74 Å². The molecule has 16 heavy (non-hydrogen) atoms. The molecule has 0 aliphatic carbocycles. The molecule has 4 heteroatoms. The fraction of sp³-hybridized carbons (Fsp3) is 0.500. The van der Waals surface area contributed by atoms with Gasteiger partial charge in [-0.15, -0.1) is 0 Å². The Hall–Kier alpha value is -0.280. The molecule has 1 aromatic rings. The average Bonchev–Trinajstić information content (AvgIpc) is 2.21. The third-order valence-corrected chi connectivity index (χ3v) is 3.41. The van der Waals surface area contributed by atoms with E-state index in [1.54, 1.807) is 25.3 Å². The molecule has 1 rings (SSSR count). The number of ether oxygens (including phenoxy) is 1. The Morgan fingerprint density at radius 2 is 2.00 bits per heavy atom. The summed E-state index contributed by atoms with van der Waals surface area (Å²) in [5.41, 5.74) is 0.240. The van der Waals surface area contributed by atoms with E-state index in [0.29, 0.717) is 22.0 Å². The molecule has 1 aromatic carbocycles. The van der Waals surface area contributed by atoms with Crippen molar-refractivity contribution in [3.63, 3.8) is 0 Å². The number of benzene rings is 1. The van der Waals surface area contributed by atoms with Gasteiger partial charge in [0.2, 0.25) is 0 Å². The van der Waals surface area contributed by atoms with Crippen molar-refractivity contribution in [3.8, 4) is 0 Å². The lowest BCUT2D eigenvalue weighted by atomic mass is 9.96. The van der Waals surface area contributed by atoms with Crippen LogP contribution in [0.5, 0.6) is 0 Å². The van der Waals surface area contributed by atoms with Gasteiger partial charge in [-0.2, -0.15) is 0 Å². The van der Waals surface area contributed by atoms with Crippen LogP contribution >= 0.6 is 23.2 Å². The first kappa shape index (κ1) is 13.8. The van der Waals surface area contributed by atoms with Gasteiger partial charge in [0.15, 0.2) is 0 Å². The van der Waals surface area contributed by atoms with Gasteiger partial charge in [0, 0.05) is 19.1 Å². The SMILES string of the molecule is COC(C)(C)CC(O)c1cccc(Cl)c1Cl. The van der Waals surface area contributed by atoms with E-state index in [9.17, 15) is 5.11 Å². The maximum Gasteiger partial charge on any atom is 0.0832 e. The van der Waals surface area contributed by atoms with Gasteiger partial charge < -0.3 is 9.84 Å². The van der Waals surface area contributed by atoms with Crippen molar-refractivity contribution < 1.29 is 9.84 Å². The zero-order valence-electron chi connectivity index (χ0n) is 9.63. The van der Waals surface area contributed by atoms with E-state index in [4.69, 9.17) is 27.9 Å². The quantitative estimate of drug-likeness (QED) is 0.894. The topological polar surface area (TPSA) is 29.5 Å². The van der Waals surface area contributed by atoms with Gasteiger partial charge in [0.05, 0.1) is 21.8 Å². The molecule has 1 unspecified atom stereocenters. The number of hydrogen-bond acceptors (Lipinski definition) is 2. The van der Waals surface area contributed by atoms with E-state index in [-0.39, 0.29) is 0 Å². The maximum atomic E-state index is 10.1. The van der Waals surface area contributed by atoms with Crippen molar-refractivity contribution in [2.75, 3.05) is 7.11 Å². The van der Waals surface area contributed by atoms with Crippen LogP contribution in [0.25, 0.3) is 0 Å². The number of aliphatic hydroxyl groups excluding tert-OH is 1. The van der Waals surface area contributed by atoms with Gasteiger partial charge in [-0.3, -0.25) is 0 Å². The molecule has 0 aliphatic heterocycles. The average molecular weight is 263 g/mol. The summed E-state index contributed by atoms with van der Waals surface area (Å²) in [7, 11) is 1.62. The fourth-order valence-corrected chi connectivity index (χ4v) is 1.87. The van der Waals surface area contributed by atoms with E-state index in [1.165, 1.54) is 0 Å². The van der Waals surface area contributed by atoms with Gasteiger partial charge in [0.1, 0.15) is 0 Å². The van der Waals surface area contributed by atoms with Crippen LogP contribution in [0.4, 0.5) is 0 Å². The summed E-state index contributed by atoms with van der Waals surface area (Å²) in [5, 5.41) is 10.9. The van der Waals surface area contributed by atoms with Gasteiger partial charge in [0.25, 0.3) is 0 Å². The minimum Gasteiger partial charge on any atom is -0.388 e. The summed E-state index contributed by atoms with van der Waals surface area (Å²) < 4.78 is 5.26. The van der Waals surface area contributed by atoms with Crippen LogP contribution in [0.3, 0.4) is 0 Å². The molecular formula is C12H16Cl2O2. The van der Waals surface area contributed by atoms with Crippen molar-refractivity contribution >= 4 is 23.2 Å². The van der Waals surface area contributed by atoms with Crippen molar-refractivity contribution in [1.29, 1.82) is 0 Å². The molecule has 0 aliphatic rings. The molecule has 0 saturated heterocycles. The normalized spacial score (nSPS) is 13.9. The molecular weight excluding hydrogens is 247 g/mol. The second-order valence-corrected chi connectivity index (χ2v) is 5.11. The third-order valence-electron chi connectivity index (χ3n) is 2.58. The Morgan fingerprint density at radius 3 is 2.56 bits per heavy atom. The minimum absolute atomic E-state index is 0.398. The van der Waals surface area contributed by atoms with Crippen LogP contribution in [0, 0.1) is 0 Å². The first-order chi connectivity index (χ1) is 7.37. The van der Waals surface area contributed by atoms with E-state index in [2.05, 4.69) is 0 Å². The number of hydrogen-bond donors (Lipinski definition) is 1. The Balaban J connectivity index is 2.89. The molecule has 0 saturated carbocycles. The third kappa shape index (κ3) is 3.36. The number of aliphatic hydroxyl groups is 1. The molecule has 0 heterocycles. The van der Waals surface area contributed by atoms with Gasteiger partial charge >= 0.3 is 0 Å². The molecule has 0 aromatic heterocycles. The fourth-order valence-electron chi connectivity index (χ4n) is 1.44. The Labute approximate surface area is 106 Å². The van der Waals surface area contributed by atoms with Gasteiger partial charge in [-0.1, -0.05) is 35.3 Å². The lowest BCUT2D eigenvalue weighted by Crippen LogP contribution is -2.25. The van der Waals surface area contributed by atoms with Crippen LogP contribution < -0.4 is 0 Å². The summed E-state index contributed by atoms with van der Waals surface area (Å²) in [6.07, 6.45) is -0.218. The van der Waals surface area contributed by atoms with E-state index < -0.39 is 11.7 Å². The van der Waals surface area contributed by atoms with Crippen LogP contribution in [-0.4, -0.2) is 17.8 Å². The van der Waals surface area contributed by atoms with Crippen LogP contribution in [0.1, 0.15) is 31.9 Å². The van der Waals surface area contributed by atoms with Gasteiger partial charge in [-0.05, 0) is 19.9 Å². The van der Waals surface area contributed by atoms with Crippen molar-refractivity contribution in [1.82, 2.24) is 0 Å². The van der Waals surface area contributed by atoms with Crippen molar-refractivity contribution in [3.05, 3.63) is 33.8 Å². The molecule has 0 fully saturated rings. The largest absolute Gasteiger partial charge is 0.388 e. The minimum atomic E-state index is -0.679. The Morgan fingerprint density at radius 1 is 1.38 bits per heavy atom. The maximum absolute atomic E-state index is 10.1. The zero-order chi connectivity index (χ0) is 12.3. The standard InChI is InChI=1S/C12H16Cl2O2/c1-12(2,16-3)7-10(15)8-5-4-6-9(13)11(8)14/h4-6,10,15H,7H2,1-3H3. The highest BCUT2D eigenvalue weighted by Crippen LogP contribution is 2.34.